The van der Waals surface area contributed by atoms with E-state index in [1.807, 2.05) is 48.5 Å². The summed E-state index contributed by atoms with van der Waals surface area (Å²) in [6.45, 7) is 2.23. The molecule has 0 atom stereocenters. The lowest BCUT2D eigenvalue weighted by Gasteiger charge is -2.26. The summed E-state index contributed by atoms with van der Waals surface area (Å²) < 4.78 is 5.62. The highest BCUT2D eigenvalue weighted by Gasteiger charge is 2.27. The van der Waals surface area contributed by atoms with Crippen molar-refractivity contribution in [2.24, 2.45) is 11.8 Å². The average molecular weight is 376 g/mol. The third kappa shape index (κ3) is 5.70. The number of nitriles is 1. The fourth-order valence-electron chi connectivity index (χ4n) is 4.05. The zero-order valence-electron chi connectivity index (χ0n) is 16.7. The molecule has 3 heteroatoms. The average Bonchev–Trinajstić information content (AvgIpc) is 2.74. The molecule has 2 aromatic rings. The topological polar surface area (TPSA) is 50.1 Å². The summed E-state index contributed by atoms with van der Waals surface area (Å²) in [5, 5.41) is 8.86. The van der Waals surface area contributed by atoms with Crippen LogP contribution in [-0.4, -0.2) is 5.97 Å². The molecule has 0 aromatic heterocycles. The largest absolute Gasteiger partial charge is 0.426 e. The Morgan fingerprint density at radius 2 is 1.54 bits per heavy atom. The molecule has 1 saturated carbocycles. The van der Waals surface area contributed by atoms with E-state index < -0.39 is 0 Å². The van der Waals surface area contributed by atoms with Crippen molar-refractivity contribution in [2.75, 3.05) is 0 Å². The van der Waals surface area contributed by atoms with Gasteiger partial charge in [0.1, 0.15) is 5.75 Å². The molecule has 0 radical (unpaired) electrons. The predicted octanol–water partition coefficient (Wildman–Crippen LogP) is 5.86. The molecular weight excluding hydrogens is 346 g/mol. The maximum absolute atomic E-state index is 12.4. The maximum Gasteiger partial charge on any atom is 0.314 e. The molecule has 1 aliphatic carbocycles. The zero-order valence-corrected chi connectivity index (χ0v) is 16.7. The van der Waals surface area contributed by atoms with Gasteiger partial charge in [-0.25, -0.2) is 0 Å². The standard InChI is InChI=1S/C25H29NO2/c1-2-3-19-10-14-23(15-11-19)25(27)28-24-16-12-21(13-17-24)5-4-20-6-8-22(18-26)9-7-20/h6-9,12-13,16-17,19,23H,2-5,10-11,14-15H2,1H3. The van der Waals surface area contributed by atoms with E-state index in [-0.39, 0.29) is 11.9 Å². The number of aryl methyl sites for hydroxylation is 2. The highest BCUT2D eigenvalue weighted by Crippen LogP contribution is 2.32. The van der Waals surface area contributed by atoms with Gasteiger partial charge in [0, 0.05) is 0 Å². The van der Waals surface area contributed by atoms with E-state index in [2.05, 4.69) is 13.0 Å². The highest BCUT2D eigenvalue weighted by molar-refractivity contribution is 5.75. The highest BCUT2D eigenvalue weighted by atomic mass is 16.5. The molecule has 0 N–H and O–H groups in total. The van der Waals surface area contributed by atoms with Gasteiger partial charge in [0.2, 0.25) is 0 Å². The van der Waals surface area contributed by atoms with Crippen molar-refractivity contribution in [2.45, 2.75) is 58.3 Å². The molecule has 1 fully saturated rings. The fourth-order valence-corrected chi connectivity index (χ4v) is 4.05. The molecule has 146 valence electrons. The number of carbonyl (C=O) groups excluding carboxylic acids is 1. The Bertz CT molecular complexity index is 794. The Kier molecular flexibility index (Phi) is 7.25. The van der Waals surface area contributed by atoms with Crippen LogP contribution in [0.5, 0.6) is 5.75 Å². The molecule has 1 aliphatic rings. The number of carbonyl (C=O) groups is 1. The number of benzene rings is 2. The van der Waals surface area contributed by atoms with Gasteiger partial charge in [-0.1, -0.05) is 44.0 Å². The van der Waals surface area contributed by atoms with Crippen molar-refractivity contribution in [1.82, 2.24) is 0 Å². The third-order valence-electron chi connectivity index (χ3n) is 5.80. The van der Waals surface area contributed by atoms with E-state index in [1.54, 1.807) is 0 Å². The molecule has 0 unspecified atom stereocenters. The minimum absolute atomic E-state index is 0.0594. The SMILES string of the molecule is CCCC1CCC(C(=O)Oc2ccc(CCc3ccc(C#N)cc3)cc2)CC1. The predicted molar refractivity (Wildman–Crippen MR) is 111 cm³/mol. The van der Waals surface area contributed by atoms with Crippen LogP contribution in [0, 0.1) is 23.2 Å². The Hall–Kier alpha value is -2.60. The van der Waals surface area contributed by atoms with Gasteiger partial charge in [-0.3, -0.25) is 4.79 Å². The summed E-state index contributed by atoms with van der Waals surface area (Å²) in [7, 11) is 0. The number of esters is 1. The summed E-state index contributed by atoms with van der Waals surface area (Å²) in [5.74, 6) is 1.43. The number of hydrogen-bond acceptors (Lipinski definition) is 3. The molecule has 3 rings (SSSR count). The van der Waals surface area contributed by atoms with E-state index in [0.29, 0.717) is 11.3 Å². The van der Waals surface area contributed by atoms with E-state index in [9.17, 15) is 4.79 Å². The molecule has 2 aromatic carbocycles. The minimum atomic E-state index is -0.0692. The van der Waals surface area contributed by atoms with Crippen LogP contribution in [0.4, 0.5) is 0 Å². The first-order valence-corrected chi connectivity index (χ1v) is 10.5. The lowest BCUT2D eigenvalue weighted by atomic mass is 9.80. The molecule has 0 amide bonds. The Morgan fingerprint density at radius 3 is 2.07 bits per heavy atom. The molecule has 0 spiro atoms. The molecule has 0 heterocycles. The number of nitrogens with zero attached hydrogens (tertiary/aromatic N) is 1. The van der Waals surface area contributed by atoms with Crippen molar-refractivity contribution >= 4 is 5.97 Å². The quantitative estimate of drug-likeness (QED) is 0.450. The van der Waals surface area contributed by atoms with Gasteiger partial charge in [0.25, 0.3) is 0 Å². The van der Waals surface area contributed by atoms with Crippen LogP contribution >= 0.6 is 0 Å². The maximum atomic E-state index is 12.4. The normalized spacial score (nSPS) is 19.0. The van der Waals surface area contributed by atoms with Crippen LogP contribution in [0.3, 0.4) is 0 Å². The fraction of sp³-hybridized carbons (Fsp3) is 0.440. The molecule has 3 nitrogen and oxygen atoms in total. The van der Waals surface area contributed by atoms with Crippen molar-refractivity contribution in [3.8, 4) is 11.8 Å². The molecular formula is C25H29NO2. The van der Waals surface area contributed by atoms with E-state index >= 15 is 0 Å². The number of rotatable bonds is 7. The summed E-state index contributed by atoms with van der Waals surface area (Å²) in [5.41, 5.74) is 3.12. The first-order chi connectivity index (χ1) is 13.7. The smallest absolute Gasteiger partial charge is 0.314 e. The van der Waals surface area contributed by atoms with Gasteiger partial charge < -0.3 is 4.74 Å². The monoisotopic (exact) mass is 375 g/mol. The van der Waals surface area contributed by atoms with Crippen LogP contribution in [0.25, 0.3) is 0 Å². The van der Waals surface area contributed by atoms with Crippen LogP contribution in [0.15, 0.2) is 48.5 Å². The molecule has 28 heavy (non-hydrogen) atoms. The van der Waals surface area contributed by atoms with Crippen molar-refractivity contribution in [3.63, 3.8) is 0 Å². The second kappa shape index (κ2) is 10.1. The van der Waals surface area contributed by atoms with Gasteiger partial charge in [-0.15, -0.1) is 0 Å². The molecule has 0 bridgehead atoms. The second-order valence-corrected chi connectivity index (χ2v) is 7.88. The second-order valence-electron chi connectivity index (χ2n) is 7.88. The first-order valence-electron chi connectivity index (χ1n) is 10.5. The van der Waals surface area contributed by atoms with Gasteiger partial charge in [0.15, 0.2) is 0 Å². The van der Waals surface area contributed by atoms with Gasteiger partial charge in [0.05, 0.1) is 17.6 Å². The third-order valence-corrected chi connectivity index (χ3v) is 5.80. The Labute approximate surface area is 168 Å². The minimum Gasteiger partial charge on any atom is -0.426 e. The van der Waals surface area contributed by atoms with Crippen molar-refractivity contribution < 1.29 is 9.53 Å². The van der Waals surface area contributed by atoms with Gasteiger partial charge in [-0.05, 0) is 79.8 Å². The molecule has 0 saturated heterocycles. The van der Waals surface area contributed by atoms with Crippen molar-refractivity contribution in [1.29, 1.82) is 5.26 Å². The van der Waals surface area contributed by atoms with Gasteiger partial charge >= 0.3 is 5.97 Å². The van der Waals surface area contributed by atoms with Gasteiger partial charge in [-0.2, -0.15) is 5.26 Å². The summed E-state index contributed by atoms with van der Waals surface area (Å²) in [6, 6.07) is 17.7. The van der Waals surface area contributed by atoms with E-state index in [1.165, 1.54) is 24.0 Å². The van der Waals surface area contributed by atoms with Crippen LogP contribution in [0.2, 0.25) is 0 Å². The first kappa shape index (κ1) is 20.1. The van der Waals surface area contributed by atoms with E-state index in [4.69, 9.17) is 10.00 Å². The number of ether oxygens (including phenoxy) is 1. The van der Waals surface area contributed by atoms with Crippen LogP contribution in [0.1, 0.15) is 62.1 Å². The number of hydrogen-bond donors (Lipinski definition) is 0. The zero-order chi connectivity index (χ0) is 19.8. The van der Waals surface area contributed by atoms with Crippen LogP contribution in [-0.2, 0) is 17.6 Å². The summed E-state index contributed by atoms with van der Waals surface area (Å²) in [4.78, 5) is 12.4. The lowest BCUT2D eigenvalue weighted by Crippen LogP contribution is -2.25. The van der Waals surface area contributed by atoms with Crippen LogP contribution < -0.4 is 4.74 Å². The lowest BCUT2D eigenvalue weighted by molar-refractivity contribution is -0.140. The molecule has 0 aliphatic heterocycles. The van der Waals surface area contributed by atoms with E-state index in [0.717, 1.165) is 44.4 Å². The van der Waals surface area contributed by atoms with Crippen molar-refractivity contribution in [3.05, 3.63) is 65.2 Å². The Morgan fingerprint density at radius 1 is 0.964 bits per heavy atom. The summed E-state index contributed by atoms with van der Waals surface area (Å²) >= 11 is 0. The summed E-state index contributed by atoms with van der Waals surface area (Å²) in [6.07, 6.45) is 8.60. The Balaban J connectivity index is 1.46.